The molecule has 0 saturated carbocycles. The number of nitrogens with zero attached hydrogens (tertiary/aromatic N) is 1. The molecule has 0 atom stereocenters. The summed E-state index contributed by atoms with van der Waals surface area (Å²) in [6.45, 7) is 2.97. The van der Waals surface area contributed by atoms with E-state index in [2.05, 4.69) is 36.3 Å². The van der Waals surface area contributed by atoms with Crippen molar-refractivity contribution in [2.45, 2.75) is 31.2 Å². The molecule has 0 radical (unpaired) electrons. The number of amides is 1. The summed E-state index contributed by atoms with van der Waals surface area (Å²) in [5.74, 6) is -0.371. The van der Waals surface area contributed by atoms with Crippen molar-refractivity contribution in [2.24, 2.45) is 5.73 Å². The predicted molar refractivity (Wildman–Crippen MR) is 103 cm³/mol. The van der Waals surface area contributed by atoms with Crippen molar-refractivity contribution in [3.63, 3.8) is 0 Å². The Morgan fingerprint density at radius 3 is 2.42 bits per heavy atom. The molecule has 0 fully saturated rings. The van der Waals surface area contributed by atoms with Crippen LogP contribution < -0.4 is 5.73 Å². The Kier molecular flexibility index (Phi) is 6.46. The molecule has 4 heteroatoms. The van der Waals surface area contributed by atoms with E-state index < -0.39 is 0 Å². The predicted octanol–water partition coefficient (Wildman–Crippen LogP) is 3.66. The fourth-order valence-electron chi connectivity index (χ4n) is 2.89. The first-order valence-electron chi connectivity index (χ1n) is 8.10. The number of carbonyl (C=O) groups is 1. The van der Waals surface area contributed by atoms with Crippen molar-refractivity contribution in [3.05, 3.63) is 64.2 Å². The van der Waals surface area contributed by atoms with E-state index in [4.69, 9.17) is 5.73 Å². The van der Waals surface area contributed by atoms with Crippen LogP contribution in [0.1, 0.15) is 32.6 Å². The van der Waals surface area contributed by atoms with E-state index in [0.29, 0.717) is 5.56 Å². The molecule has 2 aromatic rings. The quantitative estimate of drug-likeness (QED) is 0.781. The number of rotatable bonds is 7. The summed E-state index contributed by atoms with van der Waals surface area (Å²) >= 11 is 1.78. The van der Waals surface area contributed by atoms with Crippen molar-refractivity contribution in [1.29, 1.82) is 0 Å². The second-order valence-corrected chi connectivity index (χ2v) is 7.24. The summed E-state index contributed by atoms with van der Waals surface area (Å²) in [6.07, 6.45) is 4.06. The molecule has 0 aliphatic carbocycles. The van der Waals surface area contributed by atoms with E-state index >= 15 is 0 Å². The van der Waals surface area contributed by atoms with Crippen molar-refractivity contribution in [3.8, 4) is 0 Å². The molecule has 2 aromatic carbocycles. The van der Waals surface area contributed by atoms with Crippen molar-refractivity contribution >= 4 is 17.7 Å². The van der Waals surface area contributed by atoms with Gasteiger partial charge in [-0.1, -0.05) is 18.2 Å². The summed E-state index contributed by atoms with van der Waals surface area (Å²) in [4.78, 5) is 14.9. The molecule has 0 spiro atoms. The number of carbonyl (C=O) groups excluding carboxylic acids is 1. The van der Waals surface area contributed by atoms with Gasteiger partial charge in [0.15, 0.2) is 0 Å². The minimum absolute atomic E-state index is 0.371. The van der Waals surface area contributed by atoms with Crippen molar-refractivity contribution < 1.29 is 4.79 Å². The van der Waals surface area contributed by atoms with Gasteiger partial charge in [0.05, 0.1) is 0 Å². The lowest BCUT2D eigenvalue weighted by Gasteiger charge is -2.15. The van der Waals surface area contributed by atoms with Gasteiger partial charge in [0, 0.05) is 17.0 Å². The molecule has 24 heavy (non-hydrogen) atoms. The van der Waals surface area contributed by atoms with Gasteiger partial charge in [0.2, 0.25) is 5.91 Å². The lowest BCUT2D eigenvalue weighted by atomic mass is 9.97. The van der Waals surface area contributed by atoms with Crippen LogP contribution in [0, 0.1) is 6.92 Å². The van der Waals surface area contributed by atoms with E-state index in [9.17, 15) is 4.79 Å². The second kappa shape index (κ2) is 8.36. The molecule has 0 saturated heterocycles. The molecule has 128 valence electrons. The Hall–Kier alpha value is -1.78. The van der Waals surface area contributed by atoms with Crippen molar-refractivity contribution in [1.82, 2.24) is 4.90 Å². The number of benzene rings is 2. The lowest BCUT2D eigenvalue weighted by molar-refractivity contribution is 0.1000. The minimum atomic E-state index is -0.371. The number of hydrogen-bond acceptors (Lipinski definition) is 3. The molecule has 2 N–H and O–H groups in total. The molecule has 3 nitrogen and oxygen atoms in total. The molecule has 0 aromatic heterocycles. The van der Waals surface area contributed by atoms with Gasteiger partial charge in [0.1, 0.15) is 0 Å². The van der Waals surface area contributed by atoms with E-state index in [1.54, 1.807) is 11.8 Å². The van der Waals surface area contributed by atoms with Gasteiger partial charge >= 0.3 is 0 Å². The lowest BCUT2D eigenvalue weighted by Crippen LogP contribution is -2.16. The Bertz CT molecular complexity index is 726. The number of nitrogens with two attached hydrogens (primary N) is 1. The van der Waals surface area contributed by atoms with Gasteiger partial charge in [-0.15, -0.1) is 11.8 Å². The number of hydrogen-bond donors (Lipinski definition) is 1. The average Bonchev–Trinajstić information content (AvgIpc) is 2.53. The van der Waals surface area contributed by atoms with E-state index in [0.717, 1.165) is 19.4 Å². The molecule has 1 amide bonds. The average molecular weight is 343 g/mol. The highest BCUT2D eigenvalue weighted by atomic mass is 32.2. The molecule has 0 heterocycles. The number of primary amides is 1. The first kappa shape index (κ1) is 18.6. The van der Waals surface area contributed by atoms with Crippen LogP contribution in [-0.2, 0) is 19.4 Å². The van der Waals surface area contributed by atoms with Gasteiger partial charge in [-0.2, -0.15) is 0 Å². The summed E-state index contributed by atoms with van der Waals surface area (Å²) in [5.41, 5.74) is 11.1. The molecule has 2 rings (SSSR count). The summed E-state index contributed by atoms with van der Waals surface area (Å²) in [5, 5.41) is 0. The van der Waals surface area contributed by atoms with Crippen LogP contribution in [0.25, 0.3) is 0 Å². The third-order valence-corrected chi connectivity index (χ3v) is 5.02. The Morgan fingerprint density at radius 2 is 1.83 bits per heavy atom. The highest BCUT2D eigenvalue weighted by Crippen LogP contribution is 2.22. The van der Waals surface area contributed by atoms with E-state index in [1.807, 2.05) is 32.3 Å². The number of thioether (sulfide) groups is 1. The van der Waals surface area contributed by atoms with Crippen LogP contribution in [0.3, 0.4) is 0 Å². The normalized spacial score (nSPS) is 11.0. The van der Waals surface area contributed by atoms with Gasteiger partial charge in [-0.25, -0.2) is 0 Å². The summed E-state index contributed by atoms with van der Waals surface area (Å²) < 4.78 is 0. The maximum atomic E-state index is 11.4. The highest BCUT2D eigenvalue weighted by Gasteiger charge is 2.09. The molecule has 0 unspecified atom stereocenters. The minimum Gasteiger partial charge on any atom is -0.366 e. The third-order valence-electron chi connectivity index (χ3n) is 4.12. The molecular weight excluding hydrogens is 316 g/mol. The maximum absolute atomic E-state index is 11.4. The third kappa shape index (κ3) is 4.86. The first-order chi connectivity index (χ1) is 11.4. The summed E-state index contributed by atoms with van der Waals surface area (Å²) in [6, 6.07) is 12.5. The van der Waals surface area contributed by atoms with Crippen LogP contribution in [0.2, 0.25) is 0 Å². The van der Waals surface area contributed by atoms with Gasteiger partial charge in [-0.3, -0.25) is 4.79 Å². The van der Waals surface area contributed by atoms with Crippen LogP contribution in [0.5, 0.6) is 0 Å². The van der Waals surface area contributed by atoms with Crippen LogP contribution in [-0.4, -0.2) is 31.2 Å². The summed E-state index contributed by atoms with van der Waals surface area (Å²) in [7, 11) is 4.07. The fourth-order valence-corrected chi connectivity index (χ4v) is 3.47. The van der Waals surface area contributed by atoms with E-state index in [-0.39, 0.29) is 5.91 Å². The fraction of sp³-hybridized carbons (Fsp3) is 0.350. The van der Waals surface area contributed by atoms with Gasteiger partial charge in [-0.05, 0) is 80.6 Å². The monoisotopic (exact) mass is 342 g/mol. The van der Waals surface area contributed by atoms with Crippen LogP contribution >= 0.6 is 11.8 Å². The maximum Gasteiger partial charge on any atom is 0.248 e. The Balaban J connectivity index is 2.19. The Labute approximate surface area is 149 Å². The molecule has 0 aliphatic heterocycles. The molecule has 0 bridgehead atoms. The zero-order valence-electron chi connectivity index (χ0n) is 14.9. The van der Waals surface area contributed by atoms with Crippen molar-refractivity contribution in [2.75, 3.05) is 20.4 Å². The highest BCUT2D eigenvalue weighted by molar-refractivity contribution is 7.98. The van der Waals surface area contributed by atoms with Gasteiger partial charge < -0.3 is 10.6 Å². The van der Waals surface area contributed by atoms with Crippen LogP contribution in [0.4, 0.5) is 0 Å². The second-order valence-electron chi connectivity index (χ2n) is 6.39. The first-order valence-corrected chi connectivity index (χ1v) is 9.33. The largest absolute Gasteiger partial charge is 0.366 e. The molecule has 0 aliphatic rings. The van der Waals surface area contributed by atoms with E-state index in [1.165, 1.54) is 27.1 Å². The zero-order valence-corrected chi connectivity index (χ0v) is 15.7. The molecular formula is C20H26N2OS. The number of aryl methyl sites for hydroxylation is 3. The van der Waals surface area contributed by atoms with Gasteiger partial charge in [0.25, 0.3) is 0 Å². The SMILES string of the molecule is CSc1ccc(CCc2ccc(C(N)=O)cc2CN(C)C)cc1C. The topological polar surface area (TPSA) is 46.3 Å². The smallest absolute Gasteiger partial charge is 0.248 e. The Morgan fingerprint density at radius 1 is 1.08 bits per heavy atom. The standard InChI is InChI=1S/C20H26N2OS/c1-14-11-15(6-10-19(14)24-4)5-7-16-8-9-17(20(21)23)12-18(16)13-22(2)3/h6,8-12H,5,7,13H2,1-4H3,(H2,21,23). The van der Waals surface area contributed by atoms with Crippen LogP contribution in [0.15, 0.2) is 41.3 Å². The zero-order chi connectivity index (χ0) is 17.7.